The Morgan fingerprint density at radius 3 is 2.15 bits per heavy atom. The molecule has 3 rings (SSSR count). The van der Waals surface area contributed by atoms with Gasteiger partial charge in [0.1, 0.15) is 10.9 Å². The van der Waals surface area contributed by atoms with Crippen molar-refractivity contribution >= 4 is 15.7 Å². The van der Waals surface area contributed by atoms with Crippen molar-refractivity contribution in [2.45, 2.75) is 50.9 Å². The molecule has 9 heteroatoms. The highest BCUT2D eigenvalue weighted by molar-refractivity contribution is 7.93. The molecule has 2 atom stereocenters. The van der Waals surface area contributed by atoms with E-state index in [0.717, 1.165) is 0 Å². The highest BCUT2D eigenvalue weighted by atomic mass is 32.2. The molecule has 3 N–H and O–H groups in total. The first-order valence-corrected chi connectivity index (χ1v) is 10.6. The zero-order chi connectivity index (χ0) is 19.9. The van der Waals surface area contributed by atoms with Crippen molar-refractivity contribution in [3.8, 4) is 5.69 Å². The third-order valence-electron chi connectivity index (χ3n) is 4.99. The first kappa shape index (κ1) is 19.7. The van der Waals surface area contributed by atoms with E-state index in [1.807, 2.05) is 44.2 Å². The third-order valence-corrected chi connectivity index (χ3v) is 7.01. The van der Waals surface area contributed by atoms with Gasteiger partial charge < -0.3 is 0 Å². The minimum atomic E-state index is -3.78. The second-order valence-electron chi connectivity index (χ2n) is 7.37. The second-order valence-corrected chi connectivity index (χ2v) is 9.21. The topological polar surface area (TPSA) is 97.2 Å². The van der Waals surface area contributed by atoms with Crippen molar-refractivity contribution in [3.05, 3.63) is 46.4 Å². The molecule has 0 spiro atoms. The molecule has 0 amide bonds. The normalized spacial score (nSPS) is 23.1. The molecule has 1 fully saturated rings. The zero-order valence-electron chi connectivity index (χ0n) is 16.2. The summed E-state index contributed by atoms with van der Waals surface area (Å²) in [7, 11) is -2.01. The lowest BCUT2D eigenvalue weighted by atomic mass is 10.1. The van der Waals surface area contributed by atoms with Gasteiger partial charge in [-0.25, -0.2) is 13.1 Å². The monoisotopic (exact) mass is 393 g/mol. The fourth-order valence-electron chi connectivity index (χ4n) is 3.85. The molecule has 1 aliphatic rings. The number of benzene rings is 1. The molecule has 2 unspecified atom stereocenters. The number of nitrogens with zero attached hydrogens (tertiary/aromatic N) is 2. The maximum Gasteiger partial charge on any atom is 0.296 e. The summed E-state index contributed by atoms with van der Waals surface area (Å²) < 4.78 is 31.9. The van der Waals surface area contributed by atoms with Crippen LogP contribution in [0.15, 0.2) is 35.1 Å². The number of hydrazine groups is 1. The van der Waals surface area contributed by atoms with Crippen molar-refractivity contribution in [1.82, 2.24) is 20.2 Å². The Kier molecular flexibility index (Phi) is 5.20. The van der Waals surface area contributed by atoms with Gasteiger partial charge in [0, 0.05) is 19.1 Å². The number of para-hydroxylation sites is 1. The molecular formula is C18H27N5O3S. The Bertz CT molecular complexity index is 968. The summed E-state index contributed by atoms with van der Waals surface area (Å²) in [5, 5.41) is -0.692. The van der Waals surface area contributed by atoms with Gasteiger partial charge in [-0.15, -0.1) is 0 Å². The molecule has 2 aromatic rings. The van der Waals surface area contributed by atoms with E-state index >= 15 is 0 Å². The van der Waals surface area contributed by atoms with Gasteiger partial charge in [-0.3, -0.25) is 25.1 Å². The Hall–Kier alpha value is -2.10. The molecule has 0 bridgehead atoms. The van der Waals surface area contributed by atoms with Crippen LogP contribution in [0.4, 0.5) is 5.69 Å². The molecule has 0 saturated carbocycles. The van der Waals surface area contributed by atoms with E-state index in [-0.39, 0.29) is 29.2 Å². The van der Waals surface area contributed by atoms with Crippen LogP contribution in [0.25, 0.3) is 5.69 Å². The van der Waals surface area contributed by atoms with Crippen LogP contribution in [0, 0.1) is 0 Å². The number of aromatic nitrogens is 2. The van der Waals surface area contributed by atoms with E-state index in [1.54, 1.807) is 25.6 Å². The Morgan fingerprint density at radius 1 is 1.07 bits per heavy atom. The van der Waals surface area contributed by atoms with Gasteiger partial charge in [0.05, 0.1) is 11.4 Å². The summed E-state index contributed by atoms with van der Waals surface area (Å²) in [5.74, 6) is -0.0416. The predicted molar refractivity (Wildman–Crippen MR) is 107 cm³/mol. The van der Waals surface area contributed by atoms with Crippen molar-refractivity contribution in [2.24, 2.45) is 7.05 Å². The lowest BCUT2D eigenvalue weighted by molar-refractivity contribution is 0.564. The molecule has 2 heterocycles. The molecule has 1 aliphatic heterocycles. The summed E-state index contributed by atoms with van der Waals surface area (Å²) in [6.45, 7) is 7.48. The SMILES string of the molecule is CC(C)c1c(NS(=O)(=O)C2C(C)NNC2C)c(=O)n(-c2ccccc2)n1C. The molecule has 8 nitrogen and oxygen atoms in total. The summed E-state index contributed by atoms with van der Waals surface area (Å²) in [5.41, 5.74) is 6.96. The van der Waals surface area contributed by atoms with Crippen molar-refractivity contribution < 1.29 is 8.42 Å². The van der Waals surface area contributed by atoms with Gasteiger partial charge in [-0.2, -0.15) is 0 Å². The summed E-state index contributed by atoms with van der Waals surface area (Å²) in [6, 6.07) is 8.63. The van der Waals surface area contributed by atoms with Crippen LogP contribution in [0.5, 0.6) is 0 Å². The number of nitrogens with one attached hydrogen (secondary N) is 3. The molecule has 1 saturated heterocycles. The van der Waals surface area contributed by atoms with Gasteiger partial charge >= 0.3 is 0 Å². The van der Waals surface area contributed by atoms with Gasteiger partial charge in [0.25, 0.3) is 5.56 Å². The Labute approximate surface area is 159 Å². The molecule has 0 aliphatic carbocycles. The Morgan fingerprint density at radius 2 is 1.63 bits per heavy atom. The number of anilines is 1. The Balaban J connectivity index is 2.12. The van der Waals surface area contributed by atoms with Gasteiger partial charge in [0.2, 0.25) is 10.0 Å². The van der Waals surface area contributed by atoms with E-state index in [0.29, 0.717) is 11.4 Å². The molecular weight excluding hydrogens is 366 g/mol. The largest absolute Gasteiger partial charge is 0.296 e. The van der Waals surface area contributed by atoms with E-state index in [9.17, 15) is 13.2 Å². The number of sulfonamides is 1. The standard InChI is InChI=1S/C18H27N5O3S/c1-11(2)16-15(21-27(25,26)17-12(3)19-20-13(17)4)18(24)23(22(16)5)14-9-7-6-8-10-14/h6-13,17,19-21H,1-5H3. The predicted octanol–water partition coefficient (Wildman–Crippen LogP) is 1.29. The fourth-order valence-corrected chi connectivity index (χ4v) is 5.67. The molecule has 148 valence electrons. The van der Waals surface area contributed by atoms with E-state index < -0.39 is 15.3 Å². The van der Waals surface area contributed by atoms with Crippen molar-refractivity contribution in [3.63, 3.8) is 0 Å². The summed E-state index contributed by atoms with van der Waals surface area (Å²) >= 11 is 0. The lowest BCUT2D eigenvalue weighted by Crippen LogP contribution is -2.41. The average molecular weight is 394 g/mol. The highest BCUT2D eigenvalue weighted by Gasteiger charge is 2.41. The fraction of sp³-hybridized carbons (Fsp3) is 0.500. The van der Waals surface area contributed by atoms with Crippen molar-refractivity contribution in [2.75, 3.05) is 4.72 Å². The quantitative estimate of drug-likeness (QED) is 0.711. The molecule has 27 heavy (non-hydrogen) atoms. The highest BCUT2D eigenvalue weighted by Crippen LogP contribution is 2.26. The smallest absolute Gasteiger partial charge is 0.283 e. The minimum absolute atomic E-state index is 0.0416. The van der Waals surface area contributed by atoms with E-state index in [4.69, 9.17) is 0 Å². The summed E-state index contributed by atoms with van der Waals surface area (Å²) in [6.07, 6.45) is 0. The van der Waals surface area contributed by atoms with Gasteiger partial charge in [0.15, 0.2) is 0 Å². The first-order chi connectivity index (χ1) is 12.6. The van der Waals surface area contributed by atoms with Crippen LogP contribution < -0.4 is 21.1 Å². The van der Waals surface area contributed by atoms with Crippen molar-refractivity contribution in [1.29, 1.82) is 0 Å². The van der Waals surface area contributed by atoms with Crippen LogP contribution in [0.1, 0.15) is 39.3 Å². The zero-order valence-corrected chi connectivity index (χ0v) is 17.0. The first-order valence-electron chi connectivity index (χ1n) is 9.05. The number of hydrogen-bond donors (Lipinski definition) is 3. The van der Waals surface area contributed by atoms with Crippen LogP contribution in [0.2, 0.25) is 0 Å². The van der Waals surface area contributed by atoms with Gasteiger partial charge in [-0.1, -0.05) is 32.0 Å². The van der Waals surface area contributed by atoms with Crippen LogP contribution >= 0.6 is 0 Å². The minimum Gasteiger partial charge on any atom is -0.283 e. The number of rotatable bonds is 5. The van der Waals surface area contributed by atoms with E-state index in [2.05, 4.69) is 15.6 Å². The van der Waals surface area contributed by atoms with Crippen LogP contribution in [-0.2, 0) is 17.1 Å². The third kappa shape index (κ3) is 3.42. The summed E-state index contributed by atoms with van der Waals surface area (Å²) in [4.78, 5) is 13.2. The maximum atomic E-state index is 13.2. The maximum absolute atomic E-state index is 13.2. The molecule has 0 radical (unpaired) electrons. The van der Waals surface area contributed by atoms with Crippen LogP contribution in [0.3, 0.4) is 0 Å². The second kappa shape index (κ2) is 7.14. The lowest BCUT2D eigenvalue weighted by Gasteiger charge is -2.20. The molecule has 1 aromatic heterocycles. The number of hydrogen-bond acceptors (Lipinski definition) is 5. The molecule has 1 aromatic carbocycles. The van der Waals surface area contributed by atoms with Crippen LogP contribution in [-0.4, -0.2) is 35.1 Å². The average Bonchev–Trinajstić information content (AvgIpc) is 3.05. The van der Waals surface area contributed by atoms with E-state index in [1.165, 1.54) is 4.68 Å². The van der Waals surface area contributed by atoms with Gasteiger partial charge in [-0.05, 0) is 31.9 Å².